The van der Waals surface area contributed by atoms with Crippen LogP contribution < -0.4 is 9.47 Å². The molecule has 0 aliphatic carbocycles. The molecule has 0 saturated carbocycles. The first kappa shape index (κ1) is 17.6. The first-order valence-electron chi connectivity index (χ1n) is 9.20. The topological polar surface area (TPSA) is 38.7 Å². The van der Waals surface area contributed by atoms with Gasteiger partial charge in [0.1, 0.15) is 17.1 Å². The fourth-order valence-corrected chi connectivity index (χ4v) is 3.88. The molecule has 3 aromatic carbocycles. The Hall–Kier alpha value is -2.78. The van der Waals surface area contributed by atoms with Crippen LogP contribution in [0.5, 0.6) is 11.5 Å². The summed E-state index contributed by atoms with van der Waals surface area (Å²) in [5, 5.41) is 12.1. The van der Waals surface area contributed by atoms with Gasteiger partial charge in [-0.3, -0.25) is 0 Å². The van der Waals surface area contributed by atoms with Crippen LogP contribution in [0.3, 0.4) is 0 Å². The van der Waals surface area contributed by atoms with E-state index < -0.39 is 5.60 Å². The molecule has 1 aliphatic heterocycles. The maximum absolute atomic E-state index is 12.1. The third-order valence-electron chi connectivity index (χ3n) is 5.47. The number of benzene rings is 3. The van der Waals surface area contributed by atoms with Gasteiger partial charge < -0.3 is 14.6 Å². The highest BCUT2D eigenvalue weighted by Gasteiger charge is 2.46. The van der Waals surface area contributed by atoms with Gasteiger partial charge in [-0.05, 0) is 48.7 Å². The number of methoxy groups -OCH3 is 1. The maximum atomic E-state index is 12.1. The molecule has 3 nitrogen and oxygen atoms in total. The Morgan fingerprint density at radius 1 is 0.926 bits per heavy atom. The smallest absolute Gasteiger partial charge is 0.128 e. The Morgan fingerprint density at radius 2 is 1.59 bits per heavy atom. The van der Waals surface area contributed by atoms with Gasteiger partial charge in [-0.25, -0.2) is 0 Å². The predicted molar refractivity (Wildman–Crippen MR) is 107 cm³/mol. The summed E-state index contributed by atoms with van der Waals surface area (Å²) in [7, 11) is 1.64. The first-order chi connectivity index (χ1) is 13.0. The van der Waals surface area contributed by atoms with Crippen LogP contribution in [-0.2, 0) is 5.60 Å². The molecule has 1 N–H and O–H groups in total. The Morgan fingerprint density at radius 3 is 2.26 bits per heavy atom. The minimum atomic E-state index is -1.18. The first-order valence-corrected chi connectivity index (χ1v) is 9.20. The summed E-state index contributed by atoms with van der Waals surface area (Å²) >= 11 is 0. The summed E-state index contributed by atoms with van der Waals surface area (Å²) in [6.45, 7) is 4.51. The number of fused-ring (bicyclic) bond motifs is 1. The lowest BCUT2D eigenvalue weighted by Crippen LogP contribution is -2.41. The average molecular weight is 360 g/mol. The van der Waals surface area contributed by atoms with Crippen molar-refractivity contribution in [2.75, 3.05) is 13.7 Å². The van der Waals surface area contributed by atoms with E-state index >= 15 is 0 Å². The van der Waals surface area contributed by atoms with Crippen molar-refractivity contribution in [1.29, 1.82) is 0 Å². The average Bonchev–Trinajstić information content (AvgIpc) is 2.69. The van der Waals surface area contributed by atoms with E-state index in [9.17, 15) is 5.11 Å². The summed E-state index contributed by atoms with van der Waals surface area (Å²) in [6, 6.07) is 22.0. The molecule has 0 saturated heterocycles. The monoisotopic (exact) mass is 360 g/mol. The highest BCUT2D eigenvalue weighted by molar-refractivity contribution is 5.52. The van der Waals surface area contributed by atoms with Crippen molar-refractivity contribution in [3.8, 4) is 11.5 Å². The third kappa shape index (κ3) is 2.98. The van der Waals surface area contributed by atoms with Crippen molar-refractivity contribution in [2.45, 2.75) is 25.4 Å². The van der Waals surface area contributed by atoms with Crippen LogP contribution in [0.15, 0.2) is 66.7 Å². The molecule has 4 rings (SSSR count). The molecule has 27 heavy (non-hydrogen) atoms. The van der Waals surface area contributed by atoms with Gasteiger partial charge >= 0.3 is 0 Å². The summed E-state index contributed by atoms with van der Waals surface area (Å²) < 4.78 is 11.4. The van der Waals surface area contributed by atoms with Crippen molar-refractivity contribution < 1.29 is 14.6 Å². The Bertz CT molecular complexity index is 944. The van der Waals surface area contributed by atoms with Crippen molar-refractivity contribution in [3.05, 3.63) is 94.5 Å². The minimum absolute atomic E-state index is 0.207. The van der Waals surface area contributed by atoms with E-state index in [2.05, 4.69) is 31.2 Å². The van der Waals surface area contributed by atoms with Crippen molar-refractivity contribution >= 4 is 0 Å². The number of hydrogen-bond donors (Lipinski definition) is 1. The molecule has 0 bridgehead atoms. The molecule has 0 spiro atoms. The normalized spacial score (nSPS) is 21.3. The number of aryl methyl sites for hydroxylation is 2. The van der Waals surface area contributed by atoms with E-state index in [0.29, 0.717) is 6.61 Å². The molecule has 0 aromatic heterocycles. The zero-order valence-corrected chi connectivity index (χ0v) is 15.9. The van der Waals surface area contributed by atoms with Crippen LogP contribution in [-0.4, -0.2) is 18.8 Å². The van der Waals surface area contributed by atoms with E-state index in [-0.39, 0.29) is 5.92 Å². The second-order valence-corrected chi connectivity index (χ2v) is 7.27. The highest BCUT2D eigenvalue weighted by Crippen LogP contribution is 2.49. The fraction of sp³-hybridized carbons (Fsp3) is 0.250. The molecule has 0 fully saturated rings. The largest absolute Gasteiger partial charge is 0.497 e. The molecular weight excluding hydrogens is 336 g/mol. The van der Waals surface area contributed by atoms with E-state index in [0.717, 1.165) is 33.8 Å². The van der Waals surface area contributed by atoms with Gasteiger partial charge in [0.15, 0.2) is 0 Å². The summed E-state index contributed by atoms with van der Waals surface area (Å²) in [6.07, 6.45) is 0. The molecule has 1 aliphatic rings. The van der Waals surface area contributed by atoms with Crippen LogP contribution >= 0.6 is 0 Å². The zero-order valence-electron chi connectivity index (χ0n) is 15.9. The molecule has 1 heterocycles. The quantitative estimate of drug-likeness (QED) is 0.734. The molecule has 3 aromatic rings. The van der Waals surface area contributed by atoms with Crippen LogP contribution in [0, 0.1) is 13.8 Å². The van der Waals surface area contributed by atoms with Gasteiger partial charge in [0.25, 0.3) is 0 Å². The van der Waals surface area contributed by atoms with E-state index in [1.54, 1.807) is 7.11 Å². The SMILES string of the molecule is COc1ccc(C2(O)c3ccc(C)cc3OCC2c2ccc(C)cc2)cc1. The molecule has 0 radical (unpaired) electrons. The van der Waals surface area contributed by atoms with Crippen LogP contribution in [0.2, 0.25) is 0 Å². The molecule has 138 valence electrons. The van der Waals surface area contributed by atoms with Crippen LogP contribution in [0.4, 0.5) is 0 Å². The van der Waals surface area contributed by atoms with Gasteiger partial charge in [-0.1, -0.05) is 54.1 Å². The maximum Gasteiger partial charge on any atom is 0.128 e. The highest BCUT2D eigenvalue weighted by atomic mass is 16.5. The number of hydrogen-bond acceptors (Lipinski definition) is 3. The number of aliphatic hydroxyl groups is 1. The van der Waals surface area contributed by atoms with Gasteiger partial charge in [-0.2, -0.15) is 0 Å². The predicted octanol–water partition coefficient (Wildman–Crippen LogP) is 4.72. The van der Waals surface area contributed by atoms with Gasteiger partial charge in [0.05, 0.1) is 19.6 Å². The summed E-state index contributed by atoms with van der Waals surface area (Å²) in [4.78, 5) is 0. The van der Waals surface area contributed by atoms with E-state index in [1.807, 2.05) is 49.4 Å². The van der Waals surface area contributed by atoms with Crippen molar-refractivity contribution in [2.24, 2.45) is 0 Å². The second kappa shape index (κ2) is 6.75. The molecule has 0 amide bonds. The van der Waals surface area contributed by atoms with Crippen LogP contribution in [0.1, 0.15) is 33.7 Å². The van der Waals surface area contributed by atoms with Gasteiger partial charge in [0.2, 0.25) is 0 Å². The Kier molecular flexibility index (Phi) is 4.40. The molecule has 2 atom stereocenters. The molecular formula is C24H24O3. The van der Waals surface area contributed by atoms with Gasteiger partial charge in [0, 0.05) is 5.56 Å². The van der Waals surface area contributed by atoms with Crippen molar-refractivity contribution in [1.82, 2.24) is 0 Å². The Labute approximate surface area is 160 Å². The standard InChI is InChI=1S/C24H24O3/c1-16-4-7-18(8-5-16)22-15-27-23-14-17(2)6-13-21(23)24(22,25)19-9-11-20(26-3)12-10-19/h4-14,22,25H,15H2,1-3H3. The summed E-state index contributed by atoms with van der Waals surface area (Å²) in [5.74, 6) is 1.31. The number of rotatable bonds is 3. The lowest BCUT2D eigenvalue weighted by atomic mass is 9.71. The Balaban J connectivity index is 1.90. The molecule has 3 heteroatoms. The summed E-state index contributed by atoms with van der Waals surface area (Å²) in [5.41, 5.74) is 3.82. The lowest BCUT2D eigenvalue weighted by Gasteiger charge is -2.42. The van der Waals surface area contributed by atoms with Crippen molar-refractivity contribution in [3.63, 3.8) is 0 Å². The minimum Gasteiger partial charge on any atom is -0.497 e. The fourth-order valence-electron chi connectivity index (χ4n) is 3.88. The van der Waals surface area contributed by atoms with E-state index in [1.165, 1.54) is 5.56 Å². The second-order valence-electron chi connectivity index (χ2n) is 7.27. The van der Waals surface area contributed by atoms with E-state index in [4.69, 9.17) is 9.47 Å². The van der Waals surface area contributed by atoms with Crippen LogP contribution in [0.25, 0.3) is 0 Å². The van der Waals surface area contributed by atoms with Gasteiger partial charge in [-0.15, -0.1) is 0 Å². The number of ether oxygens (including phenoxy) is 2. The lowest BCUT2D eigenvalue weighted by molar-refractivity contribution is 0.0106. The zero-order chi connectivity index (χ0) is 19.0. The third-order valence-corrected chi connectivity index (χ3v) is 5.47. The molecule has 2 unspecified atom stereocenters.